The maximum absolute atomic E-state index is 5.04. The van der Waals surface area contributed by atoms with Crippen LogP contribution in [-0.4, -0.2) is 6.10 Å². The van der Waals surface area contributed by atoms with Gasteiger partial charge in [0.15, 0.2) is 0 Å². The summed E-state index contributed by atoms with van der Waals surface area (Å²) in [5, 5.41) is 0. The molecule has 0 heterocycles. The van der Waals surface area contributed by atoms with Gasteiger partial charge in [-0.25, -0.2) is 0 Å². The van der Waals surface area contributed by atoms with E-state index in [9.17, 15) is 0 Å². The van der Waals surface area contributed by atoms with Crippen LogP contribution in [0.5, 0.6) is 0 Å². The van der Waals surface area contributed by atoms with Gasteiger partial charge >= 0.3 is 0 Å². The highest BCUT2D eigenvalue weighted by Gasteiger charge is 2.16. The summed E-state index contributed by atoms with van der Waals surface area (Å²) < 4.78 is 5.04. The molecular weight excluding hydrogens is 88.1 g/mol. The van der Waals surface area contributed by atoms with Gasteiger partial charge in [0.25, 0.3) is 0 Å². The maximum atomic E-state index is 5.04. The van der Waals surface area contributed by atoms with Gasteiger partial charge in [-0.15, -0.1) is 0 Å². The second-order valence-electron chi connectivity index (χ2n) is 1.86. The minimum Gasteiger partial charge on any atom is -0.499 e. The van der Waals surface area contributed by atoms with Crippen LogP contribution in [0.4, 0.5) is 0 Å². The van der Waals surface area contributed by atoms with Gasteiger partial charge in [0.1, 0.15) is 0 Å². The van der Waals surface area contributed by atoms with Crippen molar-refractivity contribution in [3.8, 4) is 0 Å². The van der Waals surface area contributed by atoms with Crippen LogP contribution in [-0.2, 0) is 4.74 Å². The van der Waals surface area contributed by atoms with E-state index in [0.29, 0.717) is 6.10 Å². The Hall–Kier alpha value is -0.460. The SMILES string of the molecule is C=COC1CCC1. The Bertz CT molecular complexity index is 64.6. The van der Waals surface area contributed by atoms with E-state index in [1.807, 2.05) is 0 Å². The van der Waals surface area contributed by atoms with Crippen molar-refractivity contribution in [3.05, 3.63) is 12.8 Å². The van der Waals surface area contributed by atoms with E-state index in [-0.39, 0.29) is 0 Å². The van der Waals surface area contributed by atoms with Crippen molar-refractivity contribution >= 4 is 0 Å². The van der Waals surface area contributed by atoms with Crippen LogP contribution in [0, 0.1) is 0 Å². The normalized spacial score (nSPS) is 20.6. The Labute approximate surface area is 44.0 Å². The summed E-state index contributed by atoms with van der Waals surface area (Å²) in [6, 6.07) is 0. The zero-order chi connectivity index (χ0) is 5.11. The average Bonchev–Trinajstić information content (AvgIpc) is 1.55. The molecule has 0 N–H and O–H groups in total. The fraction of sp³-hybridized carbons (Fsp3) is 0.667. The zero-order valence-electron chi connectivity index (χ0n) is 4.39. The van der Waals surface area contributed by atoms with Gasteiger partial charge in [0, 0.05) is 0 Å². The quantitative estimate of drug-likeness (QED) is 0.477. The largest absolute Gasteiger partial charge is 0.499 e. The Morgan fingerprint density at radius 2 is 2.29 bits per heavy atom. The lowest BCUT2D eigenvalue weighted by Crippen LogP contribution is -2.18. The summed E-state index contributed by atoms with van der Waals surface area (Å²) in [5.74, 6) is 0. The fourth-order valence-electron chi connectivity index (χ4n) is 0.643. The Morgan fingerprint density at radius 1 is 1.57 bits per heavy atom. The molecule has 0 unspecified atom stereocenters. The summed E-state index contributed by atoms with van der Waals surface area (Å²) in [6.45, 7) is 3.46. The molecule has 1 fully saturated rings. The highest BCUT2D eigenvalue weighted by molar-refractivity contribution is 4.71. The Balaban J connectivity index is 2.03. The van der Waals surface area contributed by atoms with Crippen molar-refractivity contribution < 1.29 is 4.74 Å². The maximum Gasteiger partial charge on any atom is 0.0978 e. The first-order valence-corrected chi connectivity index (χ1v) is 2.70. The van der Waals surface area contributed by atoms with E-state index in [0.717, 1.165) is 0 Å². The molecule has 0 aliphatic heterocycles. The second-order valence-corrected chi connectivity index (χ2v) is 1.86. The van der Waals surface area contributed by atoms with E-state index in [2.05, 4.69) is 6.58 Å². The van der Waals surface area contributed by atoms with Gasteiger partial charge in [-0.2, -0.15) is 0 Å². The summed E-state index contributed by atoms with van der Waals surface area (Å²) in [4.78, 5) is 0. The average molecular weight is 98.1 g/mol. The molecule has 7 heavy (non-hydrogen) atoms. The third-order valence-electron chi connectivity index (χ3n) is 1.34. The predicted molar refractivity (Wildman–Crippen MR) is 28.9 cm³/mol. The van der Waals surface area contributed by atoms with Crippen LogP contribution in [0.3, 0.4) is 0 Å². The molecule has 0 aromatic heterocycles. The molecule has 0 amide bonds. The van der Waals surface area contributed by atoms with Crippen molar-refractivity contribution in [1.29, 1.82) is 0 Å². The van der Waals surface area contributed by atoms with Crippen molar-refractivity contribution in [2.45, 2.75) is 25.4 Å². The lowest BCUT2D eigenvalue weighted by atomic mass is 9.96. The van der Waals surface area contributed by atoms with Crippen LogP contribution in [0.2, 0.25) is 0 Å². The molecule has 1 aliphatic rings. The van der Waals surface area contributed by atoms with E-state index in [4.69, 9.17) is 4.74 Å². The smallest absolute Gasteiger partial charge is 0.0978 e. The lowest BCUT2D eigenvalue weighted by Gasteiger charge is -2.23. The van der Waals surface area contributed by atoms with Gasteiger partial charge in [0.2, 0.25) is 0 Å². The molecule has 1 rings (SSSR count). The second kappa shape index (κ2) is 2.01. The standard InChI is InChI=1S/C6H10O/c1-2-7-6-4-3-5-6/h2,6H,1,3-5H2. The zero-order valence-corrected chi connectivity index (χ0v) is 4.39. The molecule has 0 atom stereocenters. The molecule has 40 valence electrons. The van der Waals surface area contributed by atoms with Crippen LogP contribution < -0.4 is 0 Å². The first-order chi connectivity index (χ1) is 3.43. The van der Waals surface area contributed by atoms with Gasteiger partial charge in [-0.1, -0.05) is 6.58 Å². The summed E-state index contributed by atoms with van der Waals surface area (Å²) in [6.07, 6.45) is 5.83. The molecule has 1 nitrogen and oxygen atoms in total. The molecule has 0 bridgehead atoms. The van der Waals surface area contributed by atoms with Crippen LogP contribution in [0.1, 0.15) is 19.3 Å². The van der Waals surface area contributed by atoms with Crippen molar-refractivity contribution in [3.63, 3.8) is 0 Å². The first kappa shape index (κ1) is 4.69. The Kier molecular flexibility index (Phi) is 1.35. The third-order valence-corrected chi connectivity index (χ3v) is 1.34. The fourth-order valence-corrected chi connectivity index (χ4v) is 0.643. The Morgan fingerprint density at radius 3 is 2.43 bits per heavy atom. The third kappa shape index (κ3) is 0.952. The van der Waals surface area contributed by atoms with Crippen LogP contribution >= 0.6 is 0 Å². The molecule has 0 aromatic rings. The highest BCUT2D eigenvalue weighted by atomic mass is 16.5. The number of hydrogen-bond acceptors (Lipinski definition) is 1. The minimum absolute atomic E-state index is 0.512. The molecule has 0 spiro atoms. The first-order valence-electron chi connectivity index (χ1n) is 2.70. The topological polar surface area (TPSA) is 9.23 Å². The van der Waals surface area contributed by atoms with Crippen LogP contribution in [0.15, 0.2) is 12.8 Å². The monoisotopic (exact) mass is 98.1 g/mol. The van der Waals surface area contributed by atoms with Gasteiger partial charge in [-0.05, 0) is 19.3 Å². The lowest BCUT2D eigenvalue weighted by molar-refractivity contribution is 0.0745. The minimum atomic E-state index is 0.512. The van der Waals surface area contributed by atoms with Crippen LogP contribution in [0.25, 0.3) is 0 Å². The number of ether oxygens (including phenoxy) is 1. The molecular formula is C6H10O. The predicted octanol–water partition coefficient (Wildman–Crippen LogP) is 1.70. The van der Waals surface area contributed by atoms with E-state index < -0.39 is 0 Å². The van der Waals surface area contributed by atoms with Gasteiger partial charge in [0.05, 0.1) is 12.4 Å². The van der Waals surface area contributed by atoms with Gasteiger partial charge < -0.3 is 4.74 Å². The molecule has 1 heteroatoms. The van der Waals surface area contributed by atoms with E-state index in [1.165, 1.54) is 25.5 Å². The van der Waals surface area contributed by atoms with E-state index in [1.54, 1.807) is 0 Å². The molecule has 1 saturated carbocycles. The number of rotatable bonds is 2. The summed E-state index contributed by atoms with van der Waals surface area (Å²) in [5.41, 5.74) is 0. The molecule has 0 aromatic carbocycles. The molecule has 1 aliphatic carbocycles. The number of hydrogen-bond donors (Lipinski definition) is 0. The highest BCUT2D eigenvalue weighted by Crippen LogP contribution is 2.21. The van der Waals surface area contributed by atoms with Crippen molar-refractivity contribution in [2.75, 3.05) is 0 Å². The van der Waals surface area contributed by atoms with Crippen molar-refractivity contribution in [2.24, 2.45) is 0 Å². The van der Waals surface area contributed by atoms with Crippen molar-refractivity contribution in [1.82, 2.24) is 0 Å². The molecule has 0 radical (unpaired) electrons. The molecule has 0 saturated heterocycles. The summed E-state index contributed by atoms with van der Waals surface area (Å²) in [7, 11) is 0. The van der Waals surface area contributed by atoms with E-state index >= 15 is 0 Å². The van der Waals surface area contributed by atoms with Gasteiger partial charge in [-0.3, -0.25) is 0 Å². The summed E-state index contributed by atoms with van der Waals surface area (Å²) >= 11 is 0.